The Labute approximate surface area is 299 Å². The van der Waals surface area contributed by atoms with E-state index in [0.29, 0.717) is 28.1 Å². The second-order valence-corrected chi connectivity index (χ2v) is 11.8. The van der Waals surface area contributed by atoms with Crippen LogP contribution in [0.25, 0.3) is 11.0 Å². The average Bonchev–Trinajstić information content (AvgIpc) is 3.11. The Balaban J connectivity index is 0.00000578. The summed E-state index contributed by atoms with van der Waals surface area (Å²) in [5.74, 6) is -0.0934. The minimum absolute atomic E-state index is 0. The molecule has 0 amide bonds. The van der Waals surface area contributed by atoms with Crippen LogP contribution in [0.3, 0.4) is 0 Å². The Morgan fingerprint density at radius 1 is 0.943 bits per heavy atom. The van der Waals surface area contributed by atoms with Crippen LogP contribution in [0.15, 0.2) is 17.0 Å². The van der Waals surface area contributed by atoms with E-state index in [-0.39, 0.29) is 132 Å². The normalized spacial score (nSPS) is 11.7. The predicted molar refractivity (Wildman–Crippen MR) is 130 cm³/mol. The van der Waals surface area contributed by atoms with Crippen LogP contribution in [0.4, 0.5) is 0 Å². The fourth-order valence-corrected chi connectivity index (χ4v) is 5.34. The molecular weight excluding hydrogens is 563 g/mol. The van der Waals surface area contributed by atoms with Crippen molar-refractivity contribution in [1.82, 2.24) is 9.97 Å². The summed E-state index contributed by atoms with van der Waals surface area (Å²) in [6, 6.07) is 2.72. The molecule has 0 fully saturated rings. The molecule has 2 rings (SSSR count). The number of imidazole rings is 1. The van der Waals surface area contributed by atoms with Crippen LogP contribution in [-0.4, -0.2) is 46.5 Å². The Morgan fingerprint density at radius 2 is 1.54 bits per heavy atom. The number of nitrogens with one attached hydrogen (secondary N) is 1. The van der Waals surface area contributed by atoms with Crippen molar-refractivity contribution < 1.29 is 129 Å². The van der Waals surface area contributed by atoms with E-state index >= 15 is 0 Å². The molecule has 2 aromatic rings. The fraction of sp³-hybridized carbons (Fsp3) is 0.636. The van der Waals surface area contributed by atoms with Gasteiger partial charge in [0.1, 0.15) is 15.9 Å². The molecule has 0 spiro atoms. The van der Waals surface area contributed by atoms with Gasteiger partial charge in [0, 0.05) is 24.2 Å². The maximum Gasteiger partial charge on any atom is 1.00 e. The minimum Gasteiger partial charge on any atom is -0.748 e. The molecule has 0 aliphatic rings. The van der Waals surface area contributed by atoms with Crippen LogP contribution in [0, 0.1) is 0 Å². The van der Waals surface area contributed by atoms with Crippen molar-refractivity contribution >= 4 is 48.4 Å². The van der Waals surface area contributed by atoms with Crippen LogP contribution in [0.1, 0.15) is 82.5 Å². The van der Waals surface area contributed by atoms with Gasteiger partial charge in [0.05, 0.1) is 26.0 Å². The number of hydrogen-bond acceptors (Lipinski definition) is 8. The van der Waals surface area contributed by atoms with Crippen molar-refractivity contribution in [1.29, 1.82) is 0 Å². The molecule has 0 aliphatic carbocycles. The van der Waals surface area contributed by atoms with Gasteiger partial charge < -0.3 is 14.1 Å². The average molecular weight is 595 g/mol. The topological polar surface area (TPSA) is 143 Å². The molecular formula is C22H32K2N2O6S3. The molecule has 1 heterocycles. The summed E-state index contributed by atoms with van der Waals surface area (Å²) in [6.07, 6.45) is 10.4. The summed E-state index contributed by atoms with van der Waals surface area (Å²) < 4.78 is 67.9. The second kappa shape index (κ2) is 18.3. The predicted octanol–water partition coefficient (Wildman–Crippen LogP) is -1.60. The van der Waals surface area contributed by atoms with Gasteiger partial charge >= 0.3 is 103 Å². The van der Waals surface area contributed by atoms with E-state index in [1.807, 2.05) is 0 Å². The quantitative estimate of drug-likeness (QED) is 0.106. The first kappa shape index (κ1) is 36.9. The van der Waals surface area contributed by atoms with Crippen molar-refractivity contribution in [2.45, 2.75) is 88.9 Å². The Morgan fingerprint density at radius 3 is 2.11 bits per heavy atom. The molecule has 1 aromatic heterocycles. The van der Waals surface area contributed by atoms with E-state index in [1.54, 1.807) is 0 Å². The first-order valence-electron chi connectivity index (χ1n) is 11.4. The molecule has 0 unspecified atom stereocenters. The third kappa shape index (κ3) is 14.2. The molecule has 0 bridgehead atoms. The van der Waals surface area contributed by atoms with Gasteiger partial charge in [0.25, 0.3) is 0 Å². The van der Waals surface area contributed by atoms with Crippen molar-refractivity contribution in [2.75, 3.05) is 5.75 Å². The first-order chi connectivity index (χ1) is 15.5. The molecule has 186 valence electrons. The van der Waals surface area contributed by atoms with Crippen molar-refractivity contribution in [3.05, 3.63) is 23.5 Å². The number of benzene rings is 1. The van der Waals surface area contributed by atoms with E-state index in [1.165, 1.54) is 44.2 Å². The number of hydrogen-bond donors (Lipinski definition) is 1. The number of aromatic nitrogens is 2. The van der Waals surface area contributed by atoms with Gasteiger partial charge in [-0.25, -0.2) is 21.8 Å². The number of aromatic amines is 1. The van der Waals surface area contributed by atoms with Gasteiger partial charge in [-0.2, -0.15) is 0 Å². The summed E-state index contributed by atoms with van der Waals surface area (Å²) >= 11 is 5.50. The standard InChI is InChI=1S/C22H34N2O6S3.2K/c1-2-3-4-5-6-7-8-9-11-17(31)16-18-20(33(28,29)30)14-13-19-22(18)24-21(23-19)12-10-15-32(25,26)27;;/h13-14H,2-12,15-16H2,1H3,(H,23,24)(H,25,26,27)(H,28,29,30);;/q;2*+1/p-2. The number of rotatable bonds is 16. The van der Waals surface area contributed by atoms with Crippen molar-refractivity contribution in [3.63, 3.8) is 0 Å². The molecule has 0 saturated heterocycles. The summed E-state index contributed by atoms with van der Waals surface area (Å²) in [6.45, 7) is 2.19. The minimum atomic E-state index is -4.72. The van der Waals surface area contributed by atoms with Crippen molar-refractivity contribution in [3.8, 4) is 0 Å². The summed E-state index contributed by atoms with van der Waals surface area (Å²) in [5, 5.41) is 0. The molecule has 0 radical (unpaired) electrons. The molecule has 0 atom stereocenters. The molecule has 0 aliphatic heterocycles. The maximum absolute atomic E-state index is 11.8. The number of H-pyrrole nitrogens is 1. The summed E-state index contributed by atoms with van der Waals surface area (Å²) in [4.78, 5) is 7.72. The molecule has 35 heavy (non-hydrogen) atoms. The molecule has 13 heteroatoms. The second-order valence-electron chi connectivity index (χ2n) is 8.38. The molecule has 1 aromatic carbocycles. The Bertz CT molecular complexity index is 1150. The number of fused-ring (bicyclic) bond motifs is 1. The van der Waals surface area contributed by atoms with Crippen LogP contribution >= 0.6 is 12.2 Å². The van der Waals surface area contributed by atoms with E-state index in [4.69, 9.17) is 12.2 Å². The Hall–Kier alpha value is 1.87. The zero-order chi connectivity index (χ0) is 24.5. The maximum atomic E-state index is 11.8. The monoisotopic (exact) mass is 594 g/mol. The SMILES string of the molecule is CCCCCCCCCCC(=S)Cc1c(S(=O)(=O)[O-])ccc2[nH]c(CCCS(=O)(=O)[O-])nc12.[K+].[K+]. The fourth-order valence-electron chi connectivity index (χ4n) is 3.85. The van der Waals surface area contributed by atoms with Gasteiger partial charge in [-0.3, -0.25) is 0 Å². The van der Waals surface area contributed by atoms with Gasteiger partial charge in [-0.1, -0.05) is 64.1 Å². The number of aryl methyl sites for hydroxylation is 1. The first-order valence-corrected chi connectivity index (χ1v) is 14.8. The van der Waals surface area contributed by atoms with Crippen LogP contribution in [0.2, 0.25) is 0 Å². The van der Waals surface area contributed by atoms with E-state index < -0.39 is 26.0 Å². The van der Waals surface area contributed by atoms with Crippen LogP contribution in [0.5, 0.6) is 0 Å². The van der Waals surface area contributed by atoms with E-state index in [2.05, 4.69) is 16.9 Å². The third-order valence-electron chi connectivity index (χ3n) is 5.53. The van der Waals surface area contributed by atoms with E-state index in [0.717, 1.165) is 19.3 Å². The largest absolute Gasteiger partial charge is 1.00 e. The van der Waals surface area contributed by atoms with Crippen LogP contribution in [-0.2, 0) is 33.1 Å². The van der Waals surface area contributed by atoms with Gasteiger partial charge in [0.2, 0.25) is 0 Å². The number of thiocarbonyl (C=S) groups is 1. The van der Waals surface area contributed by atoms with Gasteiger partial charge in [-0.15, -0.1) is 0 Å². The van der Waals surface area contributed by atoms with Gasteiger partial charge in [0.15, 0.2) is 0 Å². The van der Waals surface area contributed by atoms with Crippen molar-refractivity contribution in [2.24, 2.45) is 0 Å². The number of unbranched alkanes of at least 4 members (excludes halogenated alkanes) is 7. The van der Waals surface area contributed by atoms with Gasteiger partial charge in [-0.05, 0) is 36.3 Å². The zero-order valence-electron chi connectivity index (χ0n) is 21.0. The smallest absolute Gasteiger partial charge is 0.748 e. The van der Waals surface area contributed by atoms with Crippen LogP contribution < -0.4 is 103 Å². The molecule has 8 nitrogen and oxygen atoms in total. The number of nitrogens with zero attached hydrogens (tertiary/aromatic N) is 1. The molecule has 0 saturated carbocycles. The third-order valence-corrected chi connectivity index (χ3v) is 7.58. The molecule has 1 N–H and O–H groups in total. The zero-order valence-corrected chi connectivity index (χ0v) is 29.7. The summed E-state index contributed by atoms with van der Waals surface area (Å²) in [7, 11) is -9.05. The van der Waals surface area contributed by atoms with E-state index in [9.17, 15) is 25.9 Å². The Kier molecular flexibility index (Phi) is 19.2. The summed E-state index contributed by atoms with van der Waals surface area (Å²) in [5.41, 5.74) is 1.14.